The Bertz CT molecular complexity index is 1130. The summed E-state index contributed by atoms with van der Waals surface area (Å²) < 4.78 is 17.5. The van der Waals surface area contributed by atoms with Crippen LogP contribution in [0.1, 0.15) is 290 Å². The highest BCUT2D eigenvalue weighted by molar-refractivity contribution is 5.70. The van der Waals surface area contributed by atoms with Crippen molar-refractivity contribution in [1.29, 1.82) is 0 Å². The Balaban J connectivity index is 4.29. The number of carbonyl (C=O) groups excluding carboxylic acids is 2. The number of allylic oxidation sites excluding steroid dienone is 10. The van der Waals surface area contributed by atoms with Crippen LogP contribution in [0, 0.1) is 0 Å². The molecule has 0 heterocycles. The minimum Gasteiger partial charge on any atom is -0.462 e. The molecule has 0 fully saturated rings. The second-order valence-corrected chi connectivity index (χ2v) is 19.2. The third-order valence-corrected chi connectivity index (χ3v) is 12.6. The molecule has 0 spiro atoms. The van der Waals surface area contributed by atoms with Gasteiger partial charge in [-0.2, -0.15) is 0 Å². The Kier molecular flexibility index (Phi) is 54.9. The molecule has 0 aromatic heterocycles. The predicted molar refractivity (Wildman–Crippen MR) is 288 cm³/mol. The first-order valence-electron chi connectivity index (χ1n) is 28.8. The molecule has 5 heteroatoms. The average Bonchev–Trinajstić information content (AvgIpc) is 3.32. The zero-order valence-corrected chi connectivity index (χ0v) is 44.2. The van der Waals surface area contributed by atoms with E-state index >= 15 is 0 Å². The highest BCUT2D eigenvalue weighted by atomic mass is 16.6. The molecular formula is C61H110O5. The number of hydrogen-bond donors (Lipinski definition) is 0. The first kappa shape index (κ1) is 63.6. The van der Waals surface area contributed by atoms with Crippen molar-refractivity contribution in [1.82, 2.24) is 0 Å². The second-order valence-electron chi connectivity index (χ2n) is 19.2. The molecule has 5 nitrogen and oxygen atoms in total. The smallest absolute Gasteiger partial charge is 0.306 e. The molecule has 0 aliphatic carbocycles. The van der Waals surface area contributed by atoms with Crippen LogP contribution >= 0.6 is 0 Å². The highest BCUT2D eigenvalue weighted by Gasteiger charge is 2.17. The van der Waals surface area contributed by atoms with Crippen molar-refractivity contribution in [2.24, 2.45) is 0 Å². The number of hydrogen-bond acceptors (Lipinski definition) is 5. The third kappa shape index (κ3) is 54.2. The van der Waals surface area contributed by atoms with E-state index in [1.807, 2.05) is 0 Å². The standard InChI is InChI=1S/C61H110O5/c1-4-7-10-13-16-19-22-25-28-29-30-31-32-35-38-41-44-47-50-53-56-64-57-59(66-61(63)55-52-49-46-43-40-37-34-27-24-21-18-15-12-9-6-3)58-65-60(62)54-51-48-45-42-39-36-33-26-23-20-17-14-11-8-5-2/h7,10,16,19,25,28,30-31,35,38,59H,4-6,8-9,11-15,17-18,20-24,26-27,29,32-34,36-37,39-58H2,1-3H3/b10-7-,19-16-,28-25-,31-30-,38-35-. The molecule has 384 valence electrons. The topological polar surface area (TPSA) is 61.8 Å². The summed E-state index contributed by atoms with van der Waals surface area (Å²) in [6.07, 6.45) is 72.4. The fourth-order valence-electron chi connectivity index (χ4n) is 8.30. The molecule has 0 aromatic carbocycles. The van der Waals surface area contributed by atoms with E-state index in [2.05, 4.69) is 81.5 Å². The van der Waals surface area contributed by atoms with Crippen LogP contribution in [0.2, 0.25) is 0 Å². The molecule has 66 heavy (non-hydrogen) atoms. The van der Waals surface area contributed by atoms with E-state index in [4.69, 9.17) is 14.2 Å². The monoisotopic (exact) mass is 923 g/mol. The Morgan fingerprint density at radius 1 is 0.348 bits per heavy atom. The molecule has 0 N–H and O–H groups in total. The summed E-state index contributed by atoms with van der Waals surface area (Å²) in [5.41, 5.74) is 0. The van der Waals surface area contributed by atoms with Crippen LogP contribution in [-0.4, -0.2) is 37.9 Å². The SMILES string of the molecule is CC/C=C\C/C=C\C/C=C\C/C=C\C/C=C\CCCCCCOCC(COC(=O)CCCCCCCCCCCCCCCCC)OC(=O)CCCCCCCCCCCCCCCCC. The molecule has 0 saturated carbocycles. The van der Waals surface area contributed by atoms with E-state index in [9.17, 15) is 9.59 Å². The third-order valence-electron chi connectivity index (χ3n) is 12.6. The van der Waals surface area contributed by atoms with E-state index in [-0.39, 0.29) is 25.2 Å². The van der Waals surface area contributed by atoms with Crippen LogP contribution in [0.15, 0.2) is 60.8 Å². The molecule has 0 saturated heterocycles. The van der Waals surface area contributed by atoms with Crippen molar-refractivity contribution in [2.75, 3.05) is 19.8 Å². The van der Waals surface area contributed by atoms with E-state index in [0.717, 1.165) is 77.0 Å². The van der Waals surface area contributed by atoms with Gasteiger partial charge in [-0.15, -0.1) is 0 Å². The Hall–Kier alpha value is -2.40. The van der Waals surface area contributed by atoms with E-state index < -0.39 is 6.10 Å². The number of rotatable bonds is 53. The van der Waals surface area contributed by atoms with Gasteiger partial charge < -0.3 is 14.2 Å². The minimum absolute atomic E-state index is 0.0788. The minimum atomic E-state index is -0.547. The summed E-state index contributed by atoms with van der Waals surface area (Å²) in [6.45, 7) is 7.71. The Morgan fingerprint density at radius 3 is 1.09 bits per heavy atom. The molecule has 0 radical (unpaired) electrons. The lowest BCUT2D eigenvalue weighted by molar-refractivity contribution is -0.163. The summed E-state index contributed by atoms with van der Waals surface area (Å²) in [5, 5.41) is 0. The van der Waals surface area contributed by atoms with Gasteiger partial charge >= 0.3 is 11.9 Å². The molecule has 0 aliphatic rings. The van der Waals surface area contributed by atoms with Crippen molar-refractivity contribution >= 4 is 11.9 Å². The van der Waals surface area contributed by atoms with Gasteiger partial charge in [0, 0.05) is 19.4 Å². The van der Waals surface area contributed by atoms with Gasteiger partial charge in [0.2, 0.25) is 0 Å². The molecule has 0 amide bonds. The van der Waals surface area contributed by atoms with Crippen LogP contribution in [0.3, 0.4) is 0 Å². The molecular weight excluding hydrogens is 813 g/mol. The van der Waals surface area contributed by atoms with Gasteiger partial charge in [0.05, 0.1) is 6.61 Å². The van der Waals surface area contributed by atoms with Crippen LogP contribution < -0.4 is 0 Å². The van der Waals surface area contributed by atoms with Gasteiger partial charge in [-0.05, 0) is 64.2 Å². The van der Waals surface area contributed by atoms with Gasteiger partial charge in [0.1, 0.15) is 6.61 Å². The van der Waals surface area contributed by atoms with Crippen molar-refractivity contribution < 1.29 is 23.8 Å². The summed E-state index contributed by atoms with van der Waals surface area (Å²) in [4.78, 5) is 25.5. The summed E-state index contributed by atoms with van der Waals surface area (Å²) in [5.74, 6) is -0.396. The fraction of sp³-hybridized carbons (Fsp3) is 0.803. The molecule has 0 rings (SSSR count). The first-order valence-corrected chi connectivity index (χ1v) is 28.8. The summed E-state index contributed by atoms with van der Waals surface area (Å²) >= 11 is 0. The highest BCUT2D eigenvalue weighted by Crippen LogP contribution is 2.16. The fourth-order valence-corrected chi connectivity index (χ4v) is 8.30. The first-order chi connectivity index (χ1) is 32.6. The molecule has 0 aromatic rings. The van der Waals surface area contributed by atoms with E-state index in [0.29, 0.717) is 19.4 Å². The maximum Gasteiger partial charge on any atom is 0.306 e. The number of unbranched alkanes of at least 4 members (excludes halogenated alkanes) is 32. The zero-order valence-electron chi connectivity index (χ0n) is 44.2. The van der Waals surface area contributed by atoms with E-state index in [1.165, 1.54) is 180 Å². The molecule has 1 atom stereocenters. The van der Waals surface area contributed by atoms with Gasteiger partial charge in [-0.25, -0.2) is 0 Å². The van der Waals surface area contributed by atoms with Crippen LogP contribution in [0.5, 0.6) is 0 Å². The average molecular weight is 924 g/mol. The maximum atomic E-state index is 12.9. The largest absolute Gasteiger partial charge is 0.462 e. The van der Waals surface area contributed by atoms with Crippen LogP contribution in [0.25, 0.3) is 0 Å². The summed E-state index contributed by atoms with van der Waals surface area (Å²) in [7, 11) is 0. The normalized spacial score (nSPS) is 12.6. The van der Waals surface area contributed by atoms with Crippen molar-refractivity contribution in [3.63, 3.8) is 0 Å². The summed E-state index contributed by atoms with van der Waals surface area (Å²) in [6, 6.07) is 0. The Morgan fingerprint density at radius 2 is 0.682 bits per heavy atom. The van der Waals surface area contributed by atoms with Crippen molar-refractivity contribution in [3.8, 4) is 0 Å². The Labute approximate surface area is 411 Å². The van der Waals surface area contributed by atoms with Crippen molar-refractivity contribution in [2.45, 2.75) is 297 Å². The van der Waals surface area contributed by atoms with Gasteiger partial charge in [0.15, 0.2) is 6.10 Å². The predicted octanol–water partition coefficient (Wildman–Crippen LogP) is 19.7. The van der Waals surface area contributed by atoms with E-state index in [1.54, 1.807) is 0 Å². The molecule has 0 aliphatic heterocycles. The van der Waals surface area contributed by atoms with Gasteiger partial charge in [-0.3, -0.25) is 9.59 Å². The number of ether oxygens (including phenoxy) is 3. The van der Waals surface area contributed by atoms with Crippen LogP contribution in [0.4, 0.5) is 0 Å². The van der Waals surface area contributed by atoms with Gasteiger partial charge in [-0.1, -0.05) is 274 Å². The van der Waals surface area contributed by atoms with Gasteiger partial charge in [0.25, 0.3) is 0 Å². The molecule has 0 bridgehead atoms. The maximum absolute atomic E-state index is 12.9. The lowest BCUT2D eigenvalue weighted by Crippen LogP contribution is -2.30. The lowest BCUT2D eigenvalue weighted by Gasteiger charge is -2.18. The quantitative estimate of drug-likeness (QED) is 0.0346. The van der Waals surface area contributed by atoms with Crippen LogP contribution in [-0.2, 0) is 23.8 Å². The second kappa shape index (κ2) is 56.9. The number of carbonyl (C=O) groups is 2. The number of esters is 2. The molecule has 1 unspecified atom stereocenters. The lowest BCUT2D eigenvalue weighted by atomic mass is 10.0. The van der Waals surface area contributed by atoms with Crippen molar-refractivity contribution in [3.05, 3.63) is 60.8 Å². The zero-order chi connectivity index (χ0) is 47.7.